The molecule has 0 atom stereocenters. The van der Waals surface area contributed by atoms with E-state index in [2.05, 4.69) is 10.6 Å². The van der Waals surface area contributed by atoms with Crippen LogP contribution in [0.4, 0.5) is 15.5 Å². The molecule has 0 saturated carbocycles. The van der Waals surface area contributed by atoms with Crippen LogP contribution in [0.25, 0.3) is 0 Å². The summed E-state index contributed by atoms with van der Waals surface area (Å²) in [4.78, 5) is 25.7. The van der Waals surface area contributed by atoms with Gasteiger partial charge >= 0.3 is 12.0 Å². The summed E-state index contributed by atoms with van der Waals surface area (Å²) in [6.45, 7) is 7.49. The summed E-state index contributed by atoms with van der Waals surface area (Å²) in [7, 11) is 0. The Kier molecular flexibility index (Phi) is 6.45. The number of rotatable bonds is 5. The van der Waals surface area contributed by atoms with Crippen LogP contribution < -0.4 is 10.6 Å². The molecule has 0 unspecified atom stereocenters. The van der Waals surface area contributed by atoms with Crippen molar-refractivity contribution >= 4 is 45.6 Å². The molecule has 0 saturated heterocycles. The number of ether oxygens (including phenoxy) is 1. The van der Waals surface area contributed by atoms with Crippen molar-refractivity contribution in [2.45, 2.75) is 40.2 Å². The Morgan fingerprint density at radius 1 is 1.20 bits per heavy atom. The van der Waals surface area contributed by atoms with E-state index >= 15 is 0 Å². The van der Waals surface area contributed by atoms with E-state index in [1.54, 1.807) is 38.1 Å². The van der Waals surface area contributed by atoms with Gasteiger partial charge in [-0.2, -0.15) is 0 Å². The summed E-state index contributed by atoms with van der Waals surface area (Å²) in [6, 6.07) is 6.35. The standard InChI is InChI=1S/C18H21ClN2O3S/c1-5-14-11(4)25-16(15(14)17(22)24-10(2)3)21-18(23)20-13-8-6-12(19)7-9-13/h6-10H,5H2,1-4H3,(H2,20,21,23). The summed E-state index contributed by atoms with van der Waals surface area (Å²) in [5.74, 6) is -0.419. The zero-order valence-electron chi connectivity index (χ0n) is 14.6. The predicted molar refractivity (Wildman–Crippen MR) is 103 cm³/mol. The Hall–Kier alpha value is -2.05. The van der Waals surface area contributed by atoms with Crippen molar-refractivity contribution in [3.8, 4) is 0 Å². The lowest BCUT2D eigenvalue weighted by atomic mass is 10.1. The van der Waals surface area contributed by atoms with Crippen molar-refractivity contribution in [1.29, 1.82) is 0 Å². The minimum atomic E-state index is -0.426. The van der Waals surface area contributed by atoms with E-state index in [-0.39, 0.29) is 6.10 Å². The second-order valence-corrected chi connectivity index (χ2v) is 7.40. The fourth-order valence-corrected chi connectivity index (χ4v) is 3.63. The van der Waals surface area contributed by atoms with Crippen molar-refractivity contribution in [3.05, 3.63) is 45.3 Å². The summed E-state index contributed by atoms with van der Waals surface area (Å²) in [5, 5.41) is 6.56. The van der Waals surface area contributed by atoms with Gasteiger partial charge in [0.25, 0.3) is 0 Å². The van der Waals surface area contributed by atoms with Crippen molar-refractivity contribution in [1.82, 2.24) is 0 Å². The highest BCUT2D eigenvalue weighted by Gasteiger charge is 2.24. The lowest BCUT2D eigenvalue weighted by Gasteiger charge is -2.11. The minimum absolute atomic E-state index is 0.229. The molecule has 0 bridgehead atoms. The number of aryl methyl sites for hydroxylation is 1. The Morgan fingerprint density at radius 2 is 1.84 bits per heavy atom. The van der Waals surface area contributed by atoms with Crippen LogP contribution >= 0.6 is 22.9 Å². The number of carbonyl (C=O) groups excluding carboxylic acids is 2. The van der Waals surface area contributed by atoms with Gasteiger partial charge in [0.15, 0.2) is 0 Å². The van der Waals surface area contributed by atoms with Gasteiger partial charge in [-0.25, -0.2) is 9.59 Å². The van der Waals surface area contributed by atoms with Crippen LogP contribution in [0.2, 0.25) is 5.02 Å². The Morgan fingerprint density at radius 3 is 2.40 bits per heavy atom. The van der Waals surface area contributed by atoms with E-state index in [4.69, 9.17) is 16.3 Å². The number of anilines is 2. The molecular weight excluding hydrogens is 360 g/mol. The zero-order chi connectivity index (χ0) is 18.6. The maximum atomic E-state index is 12.4. The third-order valence-electron chi connectivity index (χ3n) is 3.44. The SMILES string of the molecule is CCc1c(C)sc(NC(=O)Nc2ccc(Cl)cc2)c1C(=O)OC(C)C. The quantitative estimate of drug-likeness (QED) is 0.674. The van der Waals surface area contributed by atoms with E-state index in [0.29, 0.717) is 27.7 Å². The number of hydrogen-bond acceptors (Lipinski definition) is 4. The number of thiophene rings is 1. The molecule has 7 heteroatoms. The maximum absolute atomic E-state index is 12.4. The number of esters is 1. The molecule has 2 rings (SSSR count). The molecule has 1 aromatic carbocycles. The van der Waals surface area contributed by atoms with Crippen LogP contribution in [-0.2, 0) is 11.2 Å². The zero-order valence-corrected chi connectivity index (χ0v) is 16.2. The molecular formula is C18H21ClN2O3S. The average Bonchev–Trinajstić information content (AvgIpc) is 2.84. The molecule has 5 nitrogen and oxygen atoms in total. The number of urea groups is 1. The highest BCUT2D eigenvalue weighted by molar-refractivity contribution is 7.16. The molecule has 2 aromatic rings. The number of nitrogens with one attached hydrogen (secondary N) is 2. The molecule has 0 spiro atoms. The molecule has 2 N–H and O–H groups in total. The first-order valence-electron chi connectivity index (χ1n) is 7.98. The highest BCUT2D eigenvalue weighted by Crippen LogP contribution is 2.34. The molecule has 0 aliphatic rings. The second-order valence-electron chi connectivity index (χ2n) is 5.73. The molecule has 0 fully saturated rings. The fraction of sp³-hybridized carbons (Fsp3) is 0.333. The van der Waals surface area contributed by atoms with Crippen molar-refractivity contribution in [2.24, 2.45) is 0 Å². The van der Waals surface area contributed by atoms with Crippen molar-refractivity contribution in [3.63, 3.8) is 0 Å². The summed E-state index contributed by atoms with van der Waals surface area (Å²) >= 11 is 7.20. The van der Waals surface area contributed by atoms with Crippen LogP contribution in [0.3, 0.4) is 0 Å². The van der Waals surface area contributed by atoms with E-state index in [9.17, 15) is 9.59 Å². The van der Waals surface area contributed by atoms with Gasteiger partial charge in [-0.05, 0) is 57.0 Å². The summed E-state index contributed by atoms with van der Waals surface area (Å²) < 4.78 is 5.33. The number of hydrogen-bond donors (Lipinski definition) is 2. The van der Waals surface area contributed by atoms with E-state index in [1.807, 2.05) is 13.8 Å². The first kappa shape index (κ1) is 19.3. The van der Waals surface area contributed by atoms with Gasteiger partial charge in [0.05, 0.1) is 11.7 Å². The van der Waals surface area contributed by atoms with E-state index in [1.165, 1.54) is 11.3 Å². The van der Waals surface area contributed by atoms with Gasteiger partial charge in [-0.15, -0.1) is 11.3 Å². The summed E-state index contributed by atoms with van der Waals surface area (Å²) in [5.41, 5.74) is 1.94. The van der Waals surface area contributed by atoms with Crippen LogP contribution in [0.1, 0.15) is 41.6 Å². The van der Waals surface area contributed by atoms with Gasteiger partial charge < -0.3 is 10.1 Å². The molecule has 0 aliphatic carbocycles. The van der Waals surface area contributed by atoms with E-state index < -0.39 is 12.0 Å². The summed E-state index contributed by atoms with van der Waals surface area (Å²) in [6.07, 6.45) is 0.457. The monoisotopic (exact) mass is 380 g/mol. The third kappa shape index (κ3) is 4.96. The molecule has 134 valence electrons. The Balaban J connectivity index is 2.21. The fourth-order valence-electron chi connectivity index (χ4n) is 2.38. The second kappa shape index (κ2) is 8.36. The van der Waals surface area contributed by atoms with Crippen molar-refractivity contribution in [2.75, 3.05) is 10.6 Å². The van der Waals surface area contributed by atoms with Crippen LogP contribution in [0, 0.1) is 6.92 Å². The van der Waals surface area contributed by atoms with Gasteiger partial charge in [0.1, 0.15) is 5.00 Å². The first-order valence-corrected chi connectivity index (χ1v) is 9.18. The molecule has 2 amide bonds. The van der Waals surface area contributed by atoms with E-state index in [0.717, 1.165) is 10.4 Å². The molecule has 25 heavy (non-hydrogen) atoms. The first-order chi connectivity index (χ1) is 11.8. The Bertz CT molecular complexity index is 769. The van der Waals surface area contributed by atoms with Crippen LogP contribution in [0.15, 0.2) is 24.3 Å². The predicted octanol–water partition coefficient (Wildman–Crippen LogP) is 5.48. The van der Waals surface area contributed by atoms with Gasteiger partial charge in [0.2, 0.25) is 0 Å². The van der Waals surface area contributed by atoms with Crippen LogP contribution in [0.5, 0.6) is 0 Å². The van der Waals surface area contributed by atoms with Gasteiger partial charge in [-0.3, -0.25) is 5.32 Å². The van der Waals surface area contributed by atoms with Gasteiger partial charge in [0, 0.05) is 15.6 Å². The molecule has 0 aliphatic heterocycles. The van der Waals surface area contributed by atoms with Crippen LogP contribution in [-0.4, -0.2) is 18.1 Å². The number of carbonyl (C=O) groups is 2. The smallest absolute Gasteiger partial charge is 0.341 e. The minimum Gasteiger partial charge on any atom is -0.459 e. The number of halogens is 1. The lowest BCUT2D eigenvalue weighted by Crippen LogP contribution is -2.21. The third-order valence-corrected chi connectivity index (χ3v) is 4.75. The maximum Gasteiger partial charge on any atom is 0.341 e. The largest absolute Gasteiger partial charge is 0.459 e. The van der Waals surface area contributed by atoms with Crippen molar-refractivity contribution < 1.29 is 14.3 Å². The average molecular weight is 381 g/mol. The Labute approximate surface area is 156 Å². The lowest BCUT2D eigenvalue weighted by molar-refractivity contribution is 0.0378. The highest BCUT2D eigenvalue weighted by atomic mass is 35.5. The number of benzene rings is 1. The molecule has 1 aromatic heterocycles. The van der Waals surface area contributed by atoms with Gasteiger partial charge in [-0.1, -0.05) is 18.5 Å². The normalized spacial score (nSPS) is 10.6. The topological polar surface area (TPSA) is 67.4 Å². The molecule has 1 heterocycles. The number of amides is 2. The molecule has 0 radical (unpaired) electrons.